The van der Waals surface area contributed by atoms with Crippen molar-refractivity contribution in [3.8, 4) is 0 Å². The highest BCUT2D eigenvalue weighted by Gasteiger charge is 2.82. The van der Waals surface area contributed by atoms with Crippen molar-refractivity contribution in [2.24, 2.45) is 22.2 Å². The maximum atomic E-state index is 13.4. The Morgan fingerprint density at radius 1 is 1.05 bits per heavy atom. The molecule has 2 aliphatic heterocycles. The first kappa shape index (κ1) is 31.2. The molecule has 1 spiro atoms. The third kappa shape index (κ3) is 3.85. The van der Waals surface area contributed by atoms with Crippen LogP contribution in [0, 0.1) is 22.2 Å². The van der Waals surface area contributed by atoms with Crippen molar-refractivity contribution < 1.29 is 57.5 Å². The summed E-state index contributed by atoms with van der Waals surface area (Å²) < 4.78 is 34.7. The lowest BCUT2D eigenvalue weighted by Crippen LogP contribution is -2.83. The first-order valence-electron chi connectivity index (χ1n) is 14.3. The third-order valence-electron chi connectivity index (χ3n) is 11.2. The highest BCUT2D eigenvalue weighted by atomic mass is 16.6. The molecule has 4 aliphatic rings. The van der Waals surface area contributed by atoms with E-state index in [9.17, 15) is 29.4 Å². The molecule has 0 aromatic carbocycles. The molecular weight excluding hydrogens is 564 g/mol. The molecule has 1 aromatic rings. The van der Waals surface area contributed by atoms with Crippen molar-refractivity contribution in [1.82, 2.24) is 0 Å². The van der Waals surface area contributed by atoms with Crippen molar-refractivity contribution in [3.63, 3.8) is 0 Å². The first-order chi connectivity index (χ1) is 19.9. The van der Waals surface area contributed by atoms with Gasteiger partial charge < -0.3 is 38.3 Å². The maximum Gasteiger partial charge on any atom is 0.339 e. The molecule has 10 unspecified atom stereocenters. The van der Waals surface area contributed by atoms with Crippen LogP contribution in [0.1, 0.15) is 72.5 Å². The molecule has 2 saturated carbocycles. The summed E-state index contributed by atoms with van der Waals surface area (Å²) in [5, 5.41) is 24.6. The van der Waals surface area contributed by atoms with E-state index in [-0.39, 0.29) is 12.8 Å². The van der Waals surface area contributed by atoms with Crippen LogP contribution < -0.4 is 0 Å². The summed E-state index contributed by atoms with van der Waals surface area (Å²) in [6.45, 7) is 13.7. The minimum atomic E-state index is -1.94. The summed E-state index contributed by atoms with van der Waals surface area (Å²) in [7, 11) is 1.21. The molecule has 0 amide bonds. The Hall–Kier alpha value is -3.22. The van der Waals surface area contributed by atoms with Gasteiger partial charge in [0.25, 0.3) is 0 Å². The third-order valence-corrected chi connectivity index (χ3v) is 11.2. The Labute approximate surface area is 249 Å². The van der Waals surface area contributed by atoms with Crippen LogP contribution in [-0.2, 0) is 42.9 Å². The fourth-order valence-corrected chi connectivity index (χ4v) is 8.79. The predicted octanol–water partition coefficient (Wildman–Crippen LogP) is 2.55. The van der Waals surface area contributed by atoms with Crippen LogP contribution in [0.3, 0.4) is 0 Å². The maximum absolute atomic E-state index is 13.4. The van der Waals surface area contributed by atoms with E-state index in [2.05, 4.69) is 6.58 Å². The Morgan fingerprint density at radius 3 is 2.23 bits per heavy atom. The largest absolute Gasteiger partial charge is 0.472 e. The average Bonchev–Trinajstić information content (AvgIpc) is 3.45. The lowest BCUT2D eigenvalue weighted by molar-refractivity contribution is -0.375. The molecule has 12 nitrogen and oxygen atoms in total. The van der Waals surface area contributed by atoms with Gasteiger partial charge in [0.05, 0.1) is 43.2 Å². The zero-order valence-corrected chi connectivity index (χ0v) is 25.5. The molecule has 4 fully saturated rings. The van der Waals surface area contributed by atoms with Crippen LogP contribution in [0.15, 0.2) is 35.2 Å². The zero-order chi connectivity index (χ0) is 31.9. The smallest absolute Gasteiger partial charge is 0.339 e. The number of ether oxygens (including phenoxy) is 5. The van der Waals surface area contributed by atoms with E-state index in [1.54, 1.807) is 33.8 Å². The van der Waals surface area contributed by atoms with E-state index in [4.69, 9.17) is 28.1 Å². The van der Waals surface area contributed by atoms with Gasteiger partial charge in [-0.25, -0.2) is 4.79 Å². The van der Waals surface area contributed by atoms with Crippen LogP contribution >= 0.6 is 0 Å². The van der Waals surface area contributed by atoms with Gasteiger partial charge in [-0.3, -0.25) is 14.4 Å². The van der Waals surface area contributed by atoms with Gasteiger partial charge in [0, 0.05) is 36.7 Å². The molecule has 2 saturated heterocycles. The Morgan fingerprint density at radius 2 is 1.67 bits per heavy atom. The van der Waals surface area contributed by atoms with Crippen molar-refractivity contribution >= 4 is 23.9 Å². The molecule has 236 valence electrons. The topological polar surface area (TPSA) is 168 Å². The second-order valence-corrected chi connectivity index (χ2v) is 13.3. The molecule has 2 aliphatic carbocycles. The number of aliphatic hydroxyl groups is 2. The minimum absolute atomic E-state index is 0.0601. The molecular formula is C31H40O12. The molecule has 3 heterocycles. The van der Waals surface area contributed by atoms with Gasteiger partial charge >= 0.3 is 23.9 Å². The lowest BCUT2D eigenvalue weighted by atomic mass is 9.39. The molecule has 10 atom stereocenters. The number of fused-ring (bicyclic) bond motifs is 3. The van der Waals surface area contributed by atoms with E-state index >= 15 is 0 Å². The molecule has 12 heteroatoms. The van der Waals surface area contributed by atoms with Gasteiger partial charge in [0.1, 0.15) is 23.9 Å². The molecule has 43 heavy (non-hydrogen) atoms. The standard InChI is InChI=1S/C31H40O12/c1-15-19-11-21(41-17(3)33)29(7)25(18-9-10-39-14-18)42-26(36)24(35)31(15,29)43-22-12-20(40-16(2)32)27(4,5)30(37,28(19,22)6)13-23(34)38-8/h9-10,14,19-22,24-25,35,37H,1,11-13H2,2-8H3. The summed E-state index contributed by atoms with van der Waals surface area (Å²) in [6.07, 6.45) is -3.46. The predicted molar refractivity (Wildman–Crippen MR) is 146 cm³/mol. The lowest BCUT2D eigenvalue weighted by Gasteiger charge is -2.74. The fourth-order valence-electron chi connectivity index (χ4n) is 8.79. The van der Waals surface area contributed by atoms with E-state index in [0.29, 0.717) is 11.1 Å². The number of hydrogen-bond donors (Lipinski definition) is 2. The number of furan rings is 1. The molecule has 2 bridgehead atoms. The number of hydrogen-bond acceptors (Lipinski definition) is 12. The van der Waals surface area contributed by atoms with Crippen LogP contribution in [-0.4, -0.2) is 76.8 Å². The summed E-state index contributed by atoms with van der Waals surface area (Å²) in [4.78, 5) is 51.1. The monoisotopic (exact) mass is 604 g/mol. The first-order valence-corrected chi connectivity index (χ1v) is 14.3. The number of esters is 4. The number of carbonyl (C=O) groups is 4. The molecule has 1 aromatic heterocycles. The number of cyclic esters (lactones) is 1. The van der Waals surface area contributed by atoms with Gasteiger partial charge in [-0.15, -0.1) is 0 Å². The average molecular weight is 605 g/mol. The van der Waals surface area contributed by atoms with Gasteiger partial charge in [-0.1, -0.05) is 27.4 Å². The van der Waals surface area contributed by atoms with Gasteiger partial charge in [0.15, 0.2) is 6.10 Å². The van der Waals surface area contributed by atoms with Crippen LogP contribution in [0.2, 0.25) is 0 Å². The van der Waals surface area contributed by atoms with Crippen LogP contribution in [0.25, 0.3) is 0 Å². The number of methoxy groups -OCH3 is 1. The Balaban J connectivity index is 1.78. The van der Waals surface area contributed by atoms with Gasteiger partial charge in [-0.05, 0) is 30.9 Å². The van der Waals surface area contributed by atoms with Crippen LogP contribution in [0.4, 0.5) is 0 Å². The quantitative estimate of drug-likeness (QED) is 0.287. The molecule has 5 rings (SSSR count). The minimum Gasteiger partial charge on any atom is -0.472 e. The normalized spacial score (nSPS) is 43.0. The summed E-state index contributed by atoms with van der Waals surface area (Å²) in [6, 6.07) is 1.61. The molecule has 0 radical (unpaired) electrons. The number of carbonyl (C=O) groups excluding carboxylic acids is 4. The second kappa shape index (κ2) is 9.90. The van der Waals surface area contributed by atoms with Crippen LogP contribution in [0.5, 0.6) is 0 Å². The fraction of sp³-hybridized carbons (Fsp3) is 0.677. The van der Waals surface area contributed by atoms with Crippen molar-refractivity contribution in [2.75, 3.05) is 7.11 Å². The summed E-state index contributed by atoms with van der Waals surface area (Å²) in [5.74, 6) is -3.66. The SMILES string of the molecule is C=C1C2CC(OC(C)=O)C3(C)C(c4ccoc4)OC(=O)C(O)C13OC1CC(OC(C)=O)C(C)(C)C(O)(CC(=O)OC)C12C. The number of rotatable bonds is 5. The van der Waals surface area contributed by atoms with Crippen molar-refractivity contribution in [3.05, 3.63) is 36.3 Å². The Kier molecular flexibility index (Phi) is 7.18. The van der Waals surface area contributed by atoms with Gasteiger partial charge in [0.2, 0.25) is 0 Å². The van der Waals surface area contributed by atoms with Crippen molar-refractivity contribution in [1.29, 1.82) is 0 Å². The van der Waals surface area contributed by atoms with E-state index in [1.165, 1.54) is 33.5 Å². The second-order valence-electron chi connectivity index (χ2n) is 13.3. The highest BCUT2D eigenvalue weighted by Crippen LogP contribution is 2.73. The molecule has 2 N–H and O–H groups in total. The summed E-state index contributed by atoms with van der Waals surface area (Å²) in [5.41, 5.74) is -7.08. The van der Waals surface area contributed by atoms with Crippen molar-refractivity contribution in [2.45, 2.75) is 103 Å². The Bertz CT molecular complexity index is 1350. The van der Waals surface area contributed by atoms with E-state index < -0.39 is 94.2 Å². The van der Waals surface area contributed by atoms with Gasteiger partial charge in [-0.2, -0.15) is 0 Å². The summed E-state index contributed by atoms with van der Waals surface area (Å²) >= 11 is 0. The highest BCUT2D eigenvalue weighted by molar-refractivity contribution is 5.80. The zero-order valence-electron chi connectivity index (χ0n) is 25.5. The number of aliphatic hydroxyl groups excluding tert-OH is 1. The van der Waals surface area contributed by atoms with E-state index in [0.717, 1.165) is 0 Å². The van der Waals surface area contributed by atoms with E-state index in [1.807, 2.05) is 0 Å².